The van der Waals surface area contributed by atoms with Gasteiger partial charge < -0.3 is 26.4 Å². The number of anilines is 3. The molecular weight excluding hydrogens is 524 g/mol. The van der Waals surface area contributed by atoms with E-state index in [0.717, 1.165) is 18.4 Å². The van der Waals surface area contributed by atoms with Gasteiger partial charge in [0.25, 0.3) is 5.91 Å². The minimum atomic E-state index is -0.765. The van der Waals surface area contributed by atoms with Crippen molar-refractivity contribution >= 4 is 45.1 Å². The molecule has 0 radical (unpaired) electrons. The lowest BCUT2D eigenvalue weighted by molar-refractivity contribution is -0.117. The molecule has 1 fully saturated rings. The zero-order chi connectivity index (χ0) is 25.5. The fourth-order valence-corrected chi connectivity index (χ4v) is 3.65. The molecule has 4 rings (SSSR count). The molecule has 36 heavy (non-hydrogen) atoms. The van der Waals surface area contributed by atoms with E-state index < -0.39 is 6.04 Å². The number of nitrogens with two attached hydrogens (primary N) is 1. The van der Waals surface area contributed by atoms with Gasteiger partial charge in [0.1, 0.15) is 0 Å². The molecule has 3 aromatic rings. The van der Waals surface area contributed by atoms with Gasteiger partial charge in [-0.2, -0.15) is 4.98 Å². The van der Waals surface area contributed by atoms with Crippen LogP contribution in [0.25, 0.3) is 0 Å². The lowest BCUT2D eigenvalue weighted by atomic mass is 10.1. The molecule has 10 heteroatoms. The van der Waals surface area contributed by atoms with E-state index in [1.165, 1.54) is 6.20 Å². The van der Waals surface area contributed by atoms with Crippen LogP contribution >= 0.6 is 15.9 Å². The first-order valence-corrected chi connectivity index (χ1v) is 12.1. The molecule has 0 saturated heterocycles. The van der Waals surface area contributed by atoms with Crippen molar-refractivity contribution in [3.63, 3.8) is 0 Å². The number of hydrogen-bond acceptors (Lipinski definition) is 7. The first-order chi connectivity index (χ1) is 17.4. The number of nitrogens with one attached hydrogen (secondary N) is 3. The predicted octanol–water partition coefficient (Wildman–Crippen LogP) is 3.40. The third-order valence-corrected chi connectivity index (χ3v) is 5.81. The number of hydrogen-bond donors (Lipinski definition) is 4. The Balaban J connectivity index is 1.55. The smallest absolute Gasteiger partial charge is 0.251 e. The van der Waals surface area contributed by atoms with E-state index in [0.29, 0.717) is 27.8 Å². The van der Waals surface area contributed by atoms with Crippen molar-refractivity contribution in [3.05, 3.63) is 70.3 Å². The molecule has 184 valence electrons. The summed E-state index contributed by atoms with van der Waals surface area (Å²) in [6.07, 6.45) is 9.07. The summed E-state index contributed by atoms with van der Waals surface area (Å²) in [5.41, 5.74) is 8.38. The second kappa shape index (κ2) is 11.7. The molecule has 0 spiro atoms. The van der Waals surface area contributed by atoms with Crippen LogP contribution in [0.5, 0.6) is 5.88 Å². The van der Waals surface area contributed by atoms with E-state index in [1.807, 2.05) is 30.3 Å². The summed E-state index contributed by atoms with van der Waals surface area (Å²) in [4.78, 5) is 34.1. The Kier molecular flexibility index (Phi) is 8.15. The summed E-state index contributed by atoms with van der Waals surface area (Å²) in [5.74, 6) is 2.28. The maximum atomic E-state index is 12.8. The number of ether oxygens (including phenoxy) is 1. The third-order valence-electron chi connectivity index (χ3n) is 5.27. The van der Waals surface area contributed by atoms with Crippen LogP contribution in [-0.4, -0.2) is 40.5 Å². The van der Waals surface area contributed by atoms with Crippen molar-refractivity contribution in [2.45, 2.75) is 31.3 Å². The monoisotopic (exact) mass is 548 g/mol. The summed E-state index contributed by atoms with van der Waals surface area (Å²) in [5, 5.41) is 8.84. The molecule has 1 aliphatic rings. The molecule has 1 aliphatic carbocycles. The molecular formula is C26H25BrN6O3. The van der Waals surface area contributed by atoms with Crippen molar-refractivity contribution < 1.29 is 14.3 Å². The maximum absolute atomic E-state index is 12.8. The van der Waals surface area contributed by atoms with Gasteiger partial charge in [-0.3, -0.25) is 9.59 Å². The Morgan fingerprint density at radius 2 is 1.94 bits per heavy atom. The minimum absolute atomic E-state index is 0.0469. The average Bonchev–Trinajstić information content (AvgIpc) is 3.68. The third kappa shape index (κ3) is 7.04. The van der Waals surface area contributed by atoms with Gasteiger partial charge in [0.2, 0.25) is 17.7 Å². The SMILES string of the molecule is C#CCOc1nc(Nc2cc(NC(=O)[C@H](N)Cc3ccccc3)cc(C(=O)NC3CC3)c2)ncc1Br. The molecule has 2 amide bonds. The van der Waals surface area contributed by atoms with Crippen LogP contribution in [0, 0.1) is 12.3 Å². The van der Waals surface area contributed by atoms with Gasteiger partial charge in [-0.15, -0.1) is 6.42 Å². The number of aromatic nitrogens is 2. The van der Waals surface area contributed by atoms with Gasteiger partial charge in [0.05, 0.1) is 16.7 Å². The van der Waals surface area contributed by atoms with Crippen LogP contribution < -0.4 is 26.4 Å². The number of halogens is 1. The highest BCUT2D eigenvalue weighted by molar-refractivity contribution is 9.10. The van der Waals surface area contributed by atoms with Crippen molar-refractivity contribution in [2.75, 3.05) is 17.2 Å². The van der Waals surface area contributed by atoms with Crippen LogP contribution in [0.15, 0.2) is 59.2 Å². The zero-order valence-electron chi connectivity index (χ0n) is 19.3. The second-order valence-corrected chi connectivity index (χ2v) is 9.15. The number of nitrogens with zero attached hydrogens (tertiary/aromatic N) is 2. The summed E-state index contributed by atoms with van der Waals surface area (Å²) in [6, 6.07) is 13.9. The lowest BCUT2D eigenvalue weighted by Gasteiger charge is -2.15. The largest absolute Gasteiger partial charge is 0.464 e. The van der Waals surface area contributed by atoms with Crippen LogP contribution in [0.1, 0.15) is 28.8 Å². The van der Waals surface area contributed by atoms with Gasteiger partial charge in [0.15, 0.2) is 6.61 Å². The highest BCUT2D eigenvalue weighted by atomic mass is 79.9. The topological polar surface area (TPSA) is 131 Å². The standard InChI is InChI=1S/C26H25BrN6O3/c1-2-10-36-25-21(27)15-29-26(33-25)32-20-13-17(23(34)30-18-8-9-18)12-19(14-20)31-24(35)22(28)11-16-6-4-3-5-7-16/h1,3-7,12-15,18,22H,8-11,28H2,(H,30,34)(H,31,35)(H,29,32,33)/t22-/m1/s1. The zero-order valence-corrected chi connectivity index (χ0v) is 20.9. The van der Waals surface area contributed by atoms with Crippen molar-refractivity contribution in [1.29, 1.82) is 0 Å². The highest BCUT2D eigenvalue weighted by Crippen LogP contribution is 2.27. The van der Waals surface area contributed by atoms with Crippen LogP contribution in [-0.2, 0) is 11.2 Å². The molecule has 0 aliphatic heterocycles. The van der Waals surface area contributed by atoms with E-state index in [4.69, 9.17) is 16.9 Å². The fraction of sp³-hybridized carbons (Fsp3) is 0.231. The molecule has 2 aromatic carbocycles. The molecule has 5 N–H and O–H groups in total. The van der Waals surface area contributed by atoms with Gasteiger partial charge in [-0.05, 0) is 59.0 Å². The highest BCUT2D eigenvalue weighted by Gasteiger charge is 2.24. The Labute approximate surface area is 217 Å². The van der Waals surface area contributed by atoms with Gasteiger partial charge in [-0.25, -0.2) is 4.98 Å². The number of benzene rings is 2. The van der Waals surface area contributed by atoms with Gasteiger partial charge >= 0.3 is 0 Å². The van der Waals surface area contributed by atoms with E-state index in [1.54, 1.807) is 18.2 Å². The van der Waals surface area contributed by atoms with Crippen LogP contribution in [0.2, 0.25) is 0 Å². The first kappa shape index (κ1) is 25.2. The first-order valence-electron chi connectivity index (χ1n) is 11.3. The number of carbonyl (C=O) groups excluding carboxylic acids is 2. The van der Waals surface area contributed by atoms with Crippen LogP contribution in [0.3, 0.4) is 0 Å². The summed E-state index contributed by atoms with van der Waals surface area (Å²) >= 11 is 3.32. The molecule has 1 saturated carbocycles. The van der Waals surface area contributed by atoms with Crippen molar-refractivity contribution in [1.82, 2.24) is 15.3 Å². The molecule has 0 bridgehead atoms. The summed E-state index contributed by atoms with van der Waals surface area (Å²) in [6.45, 7) is 0.0469. The Morgan fingerprint density at radius 3 is 2.67 bits per heavy atom. The van der Waals surface area contributed by atoms with Crippen LogP contribution in [0.4, 0.5) is 17.3 Å². The van der Waals surface area contributed by atoms with Gasteiger partial charge in [0, 0.05) is 23.0 Å². The number of terminal acetylenes is 1. The molecule has 1 atom stereocenters. The second-order valence-electron chi connectivity index (χ2n) is 8.30. The van der Waals surface area contributed by atoms with E-state index in [-0.39, 0.29) is 36.3 Å². The predicted molar refractivity (Wildman–Crippen MR) is 141 cm³/mol. The summed E-state index contributed by atoms with van der Waals surface area (Å²) < 4.78 is 5.96. The molecule has 1 aromatic heterocycles. The van der Waals surface area contributed by atoms with E-state index in [2.05, 4.69) is 47.8 Å². The minimum Gasteiger partial charge on any atom is -0.464 e. The van der Waals surface area contributed by atoms with Gasteiger partial charge in [-0.1, -0.05) is 36.3 Å². The Hall–Kier alpha value is -3.94. The van der Waals surface area contributed by atoms with E-state index in [9.17, 15) is 9.59 Å². The Morgan fingerprint density at radius 1 is 1.19 bits per heavy atom. The summed E-state index contributed by atoms with van der Waals surface area (Å²) in [7, 11) is 0. The lowest BCUT2D eigenvalue weighted by Crippen LogP contribution is -2.37. The maximum Gasteiger partial charge on any atom is 0.251 e. The number of amides is 2. The molecule has 0 unspecified atom stereocenters. The normalized spacial score (nSPS) is 13.2. The molecule has 9 nitrogen and oxygen atoms in total. The van der Waals surface area contributed by atoms with E-state index >= 15 is 0 Å². The number of rotatable bonds is 10. The Bertz CT molecular complexity index is 1290. The number of carbonyl (C=O) groups is 2. The molecule has 1 heterocycles. The fourth-order valence-electron chi connectivity index (χ4n) is 3.35. The average molecular weight is 549 g/mol. The quantitative estimate of drug-likeness (QED) is 0.285. The van der Waals surface area contributed by atoms with Crippen molar-refractivity contribution in [2.24, 2.45) is 5.73 Å². The van der Waals surface area contributed by atoms with Crippen molar-refractivity contribution in [3.8, 4) is 18.2 Å².